The van der Waals surface area contributed by atoms with Crippen molar-refractivity contribution >= 4 is 21.8 Å². The Morgan fingerprint density at radius 3 is 2.86 bits per heavy atom. The minimum absolute atomic E-state index is 0.0517. The Morgan fingerprint density at radius 2 is 2.14 bits per heavy atom. The van der Waals surface area contributed by atoms with Gasteiger partial charge in [0.2, 0.25) is 0 Å². The zero-order chi connectivity index (χ0) is 15.1. The molecule has 0 aliphatic heterocycles. The lowest BCUT2D eigenvalue weighted by Crippen LogP contribution is -2.35. The second-order valence-electron chi connectivity index (χ2n) is 5.77. The minimum Gasteiger partial charge on any atom is -0.352 e. The number of pyridine rings is 1. The van der Waals surface area contributed by atoms with Gasteiger partial charge in [-0.1, -0.05) is 19.3 Å². The zero-order valence-electron chi connectivity index (χ0n) is 12.6. The molecule has 1 fully saturated rings. The van der Waals surface area contributed by atoms with Crippen molar-refractivity contribution in [2.45, 2.75) is 44.6 Å². The highest BCUT2D eigenvalue weighted by Gasteiger charge is 2.17. The van der Waals surface area contributed by atoms with Gasteiger partial charge in [0.05, 0.1) is 5.56 Å². The summed E-state index contributed by atoms with van der Waals surface area (Å²) in [6.07, 6.45) is 11.0. The van der Waals surface area contributed by atoms with Crippen molar-refractivity contribution in [3.8, 4) is 0 Å². The monoisotopic (exact) mass is 353 g/mol. The number of rotatable bonds is 6. The van der Waals surface area contributed by atoms with E-state index in [1.807, 2.05) is 0 Å². The van der Waals surface area contributed by atoms with E-state index in [4.69, 9.17) is 0 Å². The van der Waals surface area contributed by atoms with Crippen LogP contribution in [-0.4, -0.2) is 42.0 Å². The van der Waals surface area contributed by atoms with E-state index in [2.05, 4.69) is 38.2 Å². The largest absolute Gasteiger partial charge is 0.352 e. The number of carbonyl (C=O) groups is 1. The second-order valence-corrected chi connectivity index (χ2v) is 6.69. The molecular weight excluding hydrogens is 330 g/mol. The minimum atomic E-state index is -0.0517. The first-order valence-electron chi connectivity index (χ1n) is 7.76. The zero-order valence-corrected chi connectivity index (χ0v) is 14.2. The summed E-state index contributed by atoms with van der Waals surface area (Å²) >= 11 is 3.33. The van der Waals surface area contributed by atoms with Crippen molar-refractivity contribution in [3.63, 3.8) is 0 Å². The van der Waals surface area contributed by atoms with Gasteiger partial charge in [-0.2, -0.15) is 0 Å². The van der Waals surface area contributed by atoms with Crippen LogP contribution in [0.3, 0.4) is 0 Å². The lowest BCUT2D eigenvalue weighted by molar-refractivity contribution is 0.0950. The molecule has 1 aliphatic carbocycles. The van der Waals surface area contributed by atoms with Crippen LogP contribution in [0.4, 0.5) is 0 Å². The van der Waals surface area contributed by atoms with Crippen LogP contribution in [0.2, 0.25) is 0 Å². The number of hydrogen-bond donors (Lipinski definition) is 1. The lowest BCUT2D eigenvalue weighted by atomic mass is 9.94. The van der Waals surface area contributed by atoms with Gasteiger partial charge in [0.25, 0.3) is 5.91 Å². The van der Waals surface area contributed by atoms with Gasteiger partial charge in [0, 0.05) is 29.5 Å². The van der Waals surface area contributed by atoms with Crippen molar-refractivity contribution in [1.82, 2.24) is 15.2 Å². The van der Waals surface area contributed by atoms with Gasteiger partial charge >= 0.3 is 0 Å². The third-order valence-corrected chi connectivity index (χ3v) is 4.57. The van der Waals surface area contributed by atoms with E-state index in [0.717, 1.165) is 23.5 Å². The highest BCUT2D eigenvalue weighted by atomic mass is 79.9. The quantitative estimate of drug-likeness (QED) is 0.798. The van der Waals surface area contributed by atoms with Crippen molar-refractivity contribution in [2.75, 3.05) is 20.1 Å². The van der Waals surface area contributed by atoms with Crippen molar-refractivity contribution in [3.05, 3.63) is 28.5 Å². The predicted molar refractivity (Wildman–Crippen MR) is 88.4 cm³/mol. The van der Waals surface area contributed by atoms with Crippen LogP contribution in [-0.2, 0) is 0 Å². The van der Waals surface area contributed by atoms with Crippen LogP contribution >= 0.6 is 15.9 Å². The van der Waals surface area contributed by atoms with E-state index in [1.54, 1.807) is 18.5 Å². The Hall–Kier alpha value is -0.940. The third kappa shape index (κ3) is 5.40. The summed E-state index contributed by atoms with van der Waals surface area (Å²) < 4.78 is 0.826. The maximum absolute atomic E-state index is 12.0. The first-order valence-corrected chi connectivity index (χ1v) is 8.55. The van der Waals surface area contributed by atoms with Gasteiger partial charge < -0.3 is 10.2 Å². The molecule has 1 amide bonds. The average molecular weight is 354 g/mol. The molecule has 0 bridgehead atoms. The topological polar surface area (TPSA) is 45.2 Å². The summed E-state index contributed by atoms with van der Waals surface area (Å²) in [5.74, 6) is -0.0517. The van der Waals surface area contributed by atoms with Crippen LogP contribution in [0.25, 0.3) is 0 Å². The molecule has 1 N–H and O–H groups in total. The first kappa shape index (κ1) is 16.4. The maximum Gasteiger partial charge on any atom is 0.252 e. The Balaban J connectivity index is 1.66. The van der Waals surface area contributed by atoms with E-state index in [9.17, 15) is 4.79 Å². The number of nitrogens with zero attached hydrogens (tertiary/aromatic N) is 2. The van der Waals surface area contributed by atoms with Gasteiger partial charge in [-0.05, 0) is 54.9 Å². The Morgan fingerprint density at radius 1 is 1.38 bits per heavy atom. The average Bonchev–Trinajstić information content (AvgIpc) is 2.52. The molecule has 5 heteroatoms. The molecule has 1 aromatic heterocycles. The number of aromatic nitrogens is 1. The van der Waals surface area contributed by atoms with E-state index in [1.165, 1.54) is 32.1 Å². The third-order valence-electron chi connectivity index (χ3n) is 4.14. The van der Waals surface area contributed by atoms with Crippen molar-refractivity contribution < 1.29 is 4.79 Å². The molecule has 0 saturated heterocycles. The molecule has 0 unspecified atom stereocenters. The Bertz CT molecular complexity index is 461. The highest BCUT2D eigenvalue weighted by molar-refractivity contribution is 9.10. The van der Waals surface area contributed by atoms with Gasteiger partial charge in [-0.3, -0.25) is 9.78 Å². The number of hydrogen-bond acceptors (Lipinski definition) is 3. The molecule has 21 heavy (non-hydrogen) atoms. The maximum atomic E-state index is 12.0. The molecule has 0 aromatic carbocycles. The van der Waals surface area contributed by atoms with Gasteiger partial charge in [-0.15, -0.1) is 0 Å². The van der Waals surface area contributed by atoms with E-state index < -0.39 is 0 Å². The van der Waals surface area contributed by atoms with Crippen LogP contribution in [0.1, 0.15) is 48.9 Å². The summed E-state index contributed by atoms with van der Waals surface area (Å²) in [6, 6.07) is 2.53. The summed E-state index contributed by atoms with van der Waals surface area (Å²) in [4.78, 5) is 18.4. The van der Waals surface area contributed by atoms with E-state index in [0.29, 0.717) is 12.1 Å². The molecule has 0 atom stereocenters. The summed E-state index contributed by atoms with van der Waals surface area (Å²) in [5, 5.41) is 2.96. The molecule has 0 radical (unpaired) electrons. The van der Waals surface area contributed by atoms with Crippen LogP contribution in [0, 0.1) is 0 Å². The van der Waals surface area contributed by atoms with E-state index in [-0.39, 0.29) is 5.91 Å². The summed E-state index contributed by atoms with van der Waals surface area (Å²) in [7, 11) is 2.20. The summed E-state index contributed by atoms with van der Waals surface area (Å²) in [6.45, 7) is 1.75. The number of nitrogens with one attached hydrogen (secondary N) is 1. The molecular formula is C16H24BrN3O. The predicted octanol–water partition coefficient (Wildman–Crippen LogP) is 3.23. The highest BCUT2D eigenvalue weighted by Crippen LogP contribution is 2.21. The van der Waals surface area contributed by atoms with Gasteiger partial charge in [0.15, 0.2) is 0 Å². The molecule has 1 aromatic rings. The normalized spacial score (nSPS) is 16.1. The number of amides is 1. The SMILES string of the molecule is CN(CCCNC(=O)c1cncc(Br)c1)C1CCCCC1. The Kier molecular flexibility index (Phi) is 6.64. The van der Waals surface area contributed by atoms with Gasteiger partial charge in [0.1, 0.15) is 0 Å². The molecule has 1 aliphatic rings. The summed E-state index contributed by atoms with van der Waals surface area (Å²) in [5.41, 5.74) is 0.602. The molecule has 1 heterocycles. The van der Waals surface area contributed by atoms with Crippen molar-refractivity contribution in [1.29, 1.82) is 0 Å². The van der Waals surface area contributed by atoms with Crippen LogP contribution in [0.5, 0.6) is 0 Å². The fourth-order valence-corrected chi connectivity index (χ4v) is 3.24. The Labute approximate surface area is 135 Å². The molecule has 116 valence electrons. The lowest BCUT2D eigenvalue weighted by Gasteiger charge is -2.31. The fraction of sp³-hybridized carbons (Fsp3) is 0.625. The molecule has 1 saturated carbocycles. The molecule has 0 spiro atoms. The number of halogens is 1. The molecule has 4 nitrogen and oxygen atoms in total. The first-order chi connectivity index (χ1) is 10.2. The second kappa shape index (κ2) is 8.49. The standard InChI is InChI=1S/C16H24BrN3O/c1-20(15-6-3-2-4-7-15)9-5-8-19-16(21)13-10-14(17)12-18-11-13/h10-12,15H,2-9H2,1H3,(H,19,21). The number of carbonyl (C=O) groups excluding carboxylic acids is 1. The van der Waals surface area contributed by atoms with Crippen molar-refractivity contribution in [2.24, 2.45) is 0 Å². The van der Waals surface area contributed by atoms with Crippen LogP contribution < -0.4 is 5.32 Å². The van der Waals surface area contributed by atoms with Crippen LogP contribution in [0.15, 0.2) is 22.9 Å². The van der Waals surface area contributed by atoms with E-state index >= 15 is 0 Å². The fourth-order valence-electron chi connectivity index (χ4n) is 2.87. The molecule has 2 rings (SSSR count). The smallest absolute Gasteiger partial charge is 0.252 e. The van der Waals surface area contributed by atoms with Gasteiger partial charge in [-0.25, -0.2) is 0 Å².